The normalized spacial score (nSPS) is 12.4. The van der Waals surface area contributed by atoms with Crippen LogP contribution >= 0.6 is 0 Å². The number of phenols is 4. The first-order chi connectivity index (χ1) is 29.4. The van der Waals surface area contributed by atoms with Gasteiger partial charge in [-0.05, 0) is 47.2 Å². The summed E-state index contributed by atoms with van der Waals surface area (Å²) in [6, 6.07) is 53.2. The number of para-hydroxylation sites is 2. The number of nitrogens with zero attached hydrogens (tertiary/aromatic N) is 2. The summed E-state index contributed by atoms with van der Waals surface area (Å²) in [7, 11) is 2.57. The molecule has 0 aromatic heterocycles. The first kappa shape index (κ1) is 37.6. The summed E-state index contributed by atoms with van der Waals surface area (Å²) in [5, 5.41) is 51.4. The number of phenolic OH excluding ortho intramolecular Hbond substituents is 4. The maximum atomic E-state index is 11.9. The Hall–Kier alpha value is -7.92. The molecule has 0 spiro atoms. The van der Waals surface area contributed by atoms with Gasteiger partial charge in [-0.25, -0.2) is 0 Å². The second-order valence-corrected chi connectivity index (χ2v) is 14.0. The lowest BCUT2D eigenvalue weighted by Crippen LogP contribution is -2.17. The summed E-state index contributed by atoms with van der Waals surface area (Å²) >= 11 is 0. The first-order valence-electron chi connectivity index (χ1n) is 19.1. The van der Waals surface area contributed by atoms with Gasteiger partial charge < -0.3 is 40.0 Å². The lowest BCUT2D eigenvalue weighted by molar-refractivity contribution is -0.244. The fourth-order valence-corrected chi connectivity index (χ4v) is 7.96. The molecule has 4 N–H and O–H groups in total. The summed E-state index contributed by atoms with van der Waals surface area (Å²) in [5.41, 5.74) is 4.16. The van der Waals surface area contributed by atoms with Crippen LogP contribution in [0, 0.1) is 0 Å². The van der Waals surface area contributed by atoms with E-state index in [2.05, 4.69) is 0 Å². The SMILES string of the molecule is COOC1=C(c2c(O)cc(N(c3ccccc3)c3cccc4ccccc34)cc2O)C(OOC)=C1c1c(O)cc(N(c2ccccc2)c2cccc3ccccc23)cc1O. The summed E-state index contributed by atoms with van der Waals surface area (Å²) in [5.74, 6) is -1.41. The molecule has 8 aromatic rings. The Morgan fingerprint density at radius 1 is 0.367 bits per heavy atom. The number of hydrogen-bond acceptors (Lipinski definition) is 10. The number of anilines is 6. The number of benzene rings is 8. The molecule has 1 aliphatic rings. The van der Waals surface area contributed by atoms with Crippen LogP contribution in [0.1, 0.15) is 11.1 Å². The van der Waals surface area contributed by atoms with Gasteiger partial charge in [-0.1, -0.05) is 109 Å². The molecule has 0 radical (unpaired) electrons. The predicted octanol–water partition coefficient (Wildman–Crippen LogP) is 12.0. The van der Waals surface area contributed by atoms with Crippen LogP contribution < -0.4 is 9.80 Å². The van der Waals surface area contributed by atoms with Gasteiger partial charge >= 0.3 is 0 Å². The Bertz CT molecular complexity index is 2700. The van der Waals surface area contributed by atoms with Gasteiger partial charge in [0.2, 0.25) is 0 Å². The van der Waals surface area contributed by atoms with Gasteiger partial charge in [0.1, 0.15) is 23.0 Å². The minimum Gasteiger partial charge on any atom is -0.507 e. The van der Waals surface area contributed by atoms with Crippen molar-refractivity contribution < 1.29 is 40.0 Å². The fourth-order valence-electron chi connectivity index (χ4n) is 7.96. The Kier molecular flexibility index (Phi) is 9.91. The van der Waals surface area contributed by atoms with Crippen molar-refractivity contribution in [3.05, 3.63) is 193 Å². The number of allylic oxidation sites excluding steroid dienone is 2. The average molecular weight is 795 g/mol. The summed E-state index contributed by atoms with van der Waals surface area (Å²) in [4.78, 5) is 25.5. The summed E-state index contributed by atoms with van der Waals surface area (Å²) in [6.07, 6.45) is 0. The van der Waals surface area contributed by atoms with E-state index in [-0.39, 0.29) is 56.8 Å². The number of aromatic hydroxyl groups is 4. The van der Waals surface area contributed by atoms with Gasteiger partial charge in [0, 0.05) is 46.4 Å². The van der Waals surface area contributed by atoms with Crippen molar-refractivity contribution in [2.75, 3.05) is 24.0 Å². The van der Waals surface area contributed by atoms with Gasteiger partial charge in [0.25, 0.3) is 0 Å². The molecule has 0 saturated heterocycles. The van der Waals surface area contributed by atoms with E-state index in [4.69, 9.17) is 19.6 Å². The van der Waals surface area contributed by atoms with E-state index < -0.39 is 0 Å². The molecule has 0 unspecified atom stereocenters. The Labute approximate surface area is 345 Å². The van der Waals surface area contributed by atoms with E-state index in [1.54, 1.807) is 0 Å². The van der Waals surface area contributed by atoms with Crippen molar-refractivity contribution in [3.63, 3.8) is 0 Å². The Balaban J connectivity index is 1.16. The predicted molar refractivity (Wildman–Crippen MR) is 234 cm³/mol. The van der Waals surface area contributed by atoms with Crippen molar-refractivity contribution in [1.29, 1.82) is 0 Å². The topological polar surface area (TPSA) is 124 Å². The molecule has 0 fully saturated rings. The van der Waals surface area contributed by atoms with E-state index in [0.29, 0.717) is 11.4 Å². The van der Waals surface area contributed by atoms with Gasteiger partial charge in [-0.2, -0.15) is 9.78 Å². The lowest BCUT2D eigenvalue weighted by atomic mass is 9.82. The van der Waals surface area contributed by atoms with Crippen LogP contribution in [0.4, 0.5) is 34.1 Å². The second kappa shape index (κ2) is 15.8. The van der Waals surface area contributed by atoms with Crippen molar-refractivity contribution in [2.45, 2.75) is 0 Å². The van der Waals surface area contributed by atoms with E-state index in [1.807, 2.05) is 155 Å². The highest BCUT2D eigenvalue weighted by Crippen LogP contribution is 2.57. The monoisotopic (exact) mass is 794 g/mol. The molecule has 60 heavy (non-hydrogen) atoms. The first-order valence-corrected chi connectivity index (χ1v) is 19.1. The van der Waals surface area contributed by atoms with Crippen LogP contribution in [-0.4, -0.2) is 34.6 Å². The van der Waals surface area contributed by atoms with Gasteiger partial charge in [-0.15, -0.1) is 0 Å². The van der Waals surface area contributed by atoms with Crippen LogP contribution in [0.2, 0.25) is 0 Å². The van der Waals surface area contributed by atoms with E-state index >= 15 is 0 Å². The van der Waals surface area contributed by atoms with Crippen molar-refractivity contribution in [2.24, 2.45) is 0 Å². The van der Waals surface area contributed by atoms with Gasteiger partial charge in [-0.3, -0.25) is 0 Å². The molecule has 0 heterocycles. The average Bonchev–Trinajstić information content (AvgIpc) is 3.26. The van der Waals surface area contributed by atoms with Crippen molar-refractivity contribution in [1.82, 2.24) is 0 Å². The third-order valence-electron chi connectivity index (χ3n) is 10.5. The standard InChI is InChI=1S/C50H38N2O8/c1-57-59-49-47(45-41(53)27-35(28-42(45)54)51(33-19-5-3-6-20-33)39-25-13-17-31-15-9-11-23-37(31)39)50(60-58-2)48(49)46-43(55)29-36(30-44(46)56)52(34-21-7-4-8-22-34)40-26-14-18-32-16-10-12-24-38(32)40/h3-30,53-56H,1-2H3. The van der Waals surface area contributed by atoms with Crippen LogP contribution in [0.25, 0.3) is 32.7 Å². The molecule has 0 bridgehead atoms. The summed E-state index contributed by atoms with van der Waals surface area (Å²) < 4.78 is 0. The Morgan fingerprint density at radius 3 is 1.07 bits per heavy atom. The molecule has 10 heteroatoms. The quantitative estimate of drug-likeness (QED) is 0.0702. The zero-order valence-corrected chi connectivity index (χ0v) is 32.5. The lowest BCUT2D eigenvalue weighted by Gasteiger charge is -2.31. The summed E-state index contributed by atoms with van der Waals surface area (Å²) in [6.45, 7) is 0. The molecule has 0 aliphatic heterocycles. The van der Waals surface area contributed by atoms with E-state index in [0.717, 1.165) is 44.3 Å². The van der Waals surface area contributed by atoms with Crippen LogP contribution in [0.15, 0.2) is 181 Å². The fraction of sp³-hybridized carbons (Fsp3) is 0.0400. The van der Waals surface area contributed by atoms with Crippen molar-refractivity contribution >= 4 is 66.8 Å². The highest BCUT2D eigenvalue weighted by Gasteiger charge is 2.42. The number of rotatable bonds is 12. The zero-order valence-electron chi connectivity index (χ0n) is 32.5. The minimum atomic E-state index is -0.327. The number of hydrogen-bond donors (Lipinski definition) is 4. The Morgan fingerprint density at radius 2 is 0.700 bits per heavy atom. The minimum absolute atomic E-state index is 0.0517. The smallest absolute Gasteiger partial charge is 0.189 e. The van der Waals surface area contributed by atoms with Crippen molar-refractivity contribution in [3.8, 4) is 23.0 Å². The molecule has 0 saturated carbocycles. The van der Waals surface area contributed by atoms with Crippen LogP contribution in [0.3, 0.4) is 0 Å². The van der Waals surface area contributed by atoms with Crippen LogP contribution in [-0.2, 0) is 19.6 Å². The third-order valence-corrected chi connectivity index (χ3v) is 10.5. The van der Waals surface area contributed by atoms with Crippen LogP contribution in [0.5, 0.6) is 23.0 Å². The van der Waals surface area contributed by atoms with E-state index in [9.17, 15) is 20.4 Å². The molecule has 0 amide bonds. The third kappa shape index (κ3) is 6.51. The molecule has 0 atom stereocenters. The molecular formula is C50H38N2O8. The highest BCUT2D eigenvalue weighted by atomic mass is 17.2. The molecule has 296 valence electrons. The molecule has 1 aliphatic carbocycles. The van der Waals surface area contributed by atoms with E-state index in [1.165, 1.54) is 38.5 Å². The maximum Gasteiger partial charge on any atom is 0.189 e. The molecule has 9 rings (SSSR count). The zero-order chi connectivity index (χ0) is 41.3. The molecule has 8 aromatic carbocycles. The molecular weight excluding hydrogens is 757 g/mol. The largest absolute Gasteiger partial charge is 0.507 e. The second-order valence-electron chi connectivity index (χ2n) is 14.0. The van der Waals surface area contributed by atoms with Gasteiger partial charge in [0.05, 0.1) is 59.2 Å². The highest BCUT2D eigenvalue weighted by molar-refractivity contribution is 6.11. The number of fused-ring (bicyclic) bond motifs is 2. The maximum absolute atomic E-state index is 11.9. The molecule has 10 nitrogen and oxygen atoms in total. The van der Waals surface area contributed by atoms with Gasteiger partial charge in [0.15, 0.2) is 11.5 Å².